The number of nitrogens with one attached hydrogen (secondary N) is 1. The average molecular weight is 269 g/mol. The van der Waals surface area contributed by atoms with Gasteiger partial charge < -0.3 is 15.1 Å². The van der Waals surface area contributed by atoms with Crippen LogP contribution in [0.1, 0.15) is 34.1 Å². The number of hydrogen-bond acceptors (Lipinski definition) is 3. The Morgan fingerprint density at radius 2 is 1.53 bits per heavy atom. The summed E-state index contributed by atoms with van der Waals surface area (Å²) in [6, 6.07) is 0.410. The highest BCUT2D eigenvalue weighted by Crippen LogP contribution is 2.08. The van der Waals surface area contributed by atoms with Crippen LogP contribution in [0.4, 0.5) is 0 Å². The molecule has 2 amide bonds. The minimum Gasteiger partial charge on any atom is -0.339 e. The van der Waals surface area contributed by atoms with E-state index >= 15 is 0 Å². The molecular weight excluding hydrogens is 242 g/mol. The molecule has 5 nitrogen and oxygen atoms in total. The van der Waals surface area contributed by atoms with Gasteiger partial charge in [-0.25, -0.2) is 0 Å². The molecule has 19 heavy (non-hydrogen) atoms. The second-order valence-electron chi connectivity index (χ2n) is 5.72. The van der Waals surface area contributed by atoms with Crippen molar-refractivity contribution in [2.45, 2.75) is 40.2 Å². The molecule has 1 aliphatic heterocycles. The lowest BCUT2D eigenvalue weighted by Gasteiger charge is -2.35. The van der Waals surface area contributed by atoms with Crippen molar-refractivity contribution in [3.63, 3.8) is 0 Å². The molecule has 0 aliphatic carbocycles. The molecule has 1 rings (SSSR count). The molecular formula is C14H27N3O2. The normalized spacial score (nSPS) is 16.3. The Labute approximate surface area is 116 Å². The van der Waals surface area contributed by atoms with E-state index < -0.39 is 0 Å². The highest BCUT2D eigenvalue weighted by Gasteiger charge is 2.24. The van der Waals surface area contributed by atoms with Crippen LogP contribution in [-0.4, -0.2) is 60.4 Å². The van der Waals surface area contributed by atoms with Gasteiger partial charge in [-0.15, -0.1) is 0 Å². The number of rotatable bonds is 5. The molecule has 0 atom stereocenters. The summed E-state index contributed by atoms with van der Waals surface area (Å²) in [6.07, 6.45) is 0.538. The molecule has 0 radical (unpaired) electrons. The van der Waals surface area contributed by atoms with Gasteiger partial charge in [-0.3, -0.25) is 9.59 Å². The highest BCUT2D eigenvalue weighted by molar-refractivity contribution is 5.79. The number of carbonyl (C=O) groups is 2. The number of nitrogens with zero attached hydrogens (tertiary/aromatic N) is 2. The van der Waals surface area contributed by atoms with E-state index in [4.69, 9.17) is 0 Å². The van der Waals surface area contributed by atoms with E-state index in [1.807, 2.05) is 23.6 Å². The zero-order valence-corrected chi connectivity index (χ0v) is 12.6. The van der Waals surface area contributed by atoms with Gasteiger partial charge in [0.25, 0.3) is 0 Å². The zero-order valence-electron chi connectivity index (χ0n) is 12.6. The Hall–Kier alpha value is -1.10. The van der Waals surface area contributed by atoms with Crippen LogP contribution in [0.25, 0.3) is 0 Å². The van der Waals surface area contributed by atoms with Crippen molar-refractivity contribution in [1.29, 1.82) is 0 Å². The van der Waals surface area contributed by atoms with Gasteiger partial charge >= 0.3 is 0 Å². The fourth-order valence-corrected chi connectivity index (χ4v) is 2.17. The van der Waals surface area contributed by atoms with Gasteiger partial charge in [-0.05, 0) is 0 Å². The largest absolute Gasteiger partial charge is 0.339 e. The van der Waals surface area contributed by atoms with Crippen LogP contribution in [0.15, 0.2) is 0 Å². The van der Waals surface area contributed by atoms with E-state index in [9.17, 15) is 9.59 Å². The molecule has 1 fully saturated rings. The Bertz CT molecular complexity index is 308. The maximum absolute atomic E-state index is 12.0. The number of piperazine rings is 1. The molecule has 1 heterocycles. The van der Waals surface area contributed by atoms with Crippen LogP contribution in [0, 0.1) is 5.92 Å². The summed E-state index contributed by atoms with van der Waals surface area (Å²) in [7, 11) is 0. The standard InChI is InChI=1S/C14H27N3O2/c1-11(2)14(19)17-9-7-16(8-10-17)13(18)5-6-15-12(3)4/h11-12,15H,5-10H2,1-4H3. The summed E-state index contributed by atoms with van der Waals surface area (Å²) in [6.45, 7) is 11.4. The maximum atomic E-state index is 12.0. The lowest BCUT2D eigenvalue weighted by atomic mass is 10.1. The predicted octanol–water partition coefficient (Wildman–Crippen LogP) is 0.701. The fourth-order valence-electron chi connectivity index (χ4n) is 2.17. The molecule has 0 unspecified atom stereocenters. The van der Waals surface area contributed by atoms with E-state index in [1.54, 1.807) is 0 Å². The Morgan fingerprint density at radius 1 is 1.00 bits per heavy atom. The molecule has 0 bridgehead atoms. The first-order valence-electron chi connectivity index (χ1n) is 7.21. The SMILES string of the molecule is CC(C)NCCC(=O)N1CCN(C(=O)C(C)C)CC1. The third-order valence-corrected chi connectivity index (χ3v) is 3.33. The molecule has 110 valence electrons. The van der Waals surface area contributed by atoms with Crippen molar-refractivity contribution in [3.8, 4) is 0 Å². The van der Waals surface area contributed by atoms with Gasteiger partial charge in [0.1, 0.15) is 0 Å². The molecule has 0 saturated carbocycles. The topological polar surface area (TPSA) is 52.7 Å². The van der Waals surface area contributed by atoms with Gasteiger partial charge in [-0.2, -0.15) is 0 Å². The van der Waals surface area contributed by atoms with Crippen molar-refractivity contribution < 1.29 is 9.59 Å². The van der Waals surface area contributed by atoms with Crippen LogP contribution < -0.4 is 5.32 Å². The summed E-state index contributed by atoms with van der Waals surface area (Å²) < 4.78 is 0. The van der Waals surface area contributed by atoms with E-state index in [-0.39, 0.29) is 17.7 Å². The van der Waals surface area contributed by atoms with Crippen molar-refractivity contribution in [1.82, 2.24) is 15.1 Å². The number of amides is 2. The molecule has 0 spiro atoms. The minimum atomic E-state index is 0.0393. The van der Waals surface area contributed by atoms with E-state index in [1.165, 1.54) is 0 Å². The van der Waals surface area contributed by atoms with Crippen molar-refractivity contribution >= 4 is 11.8 Å². The quantitative estimate of drug-likeness (QED) is 0.799. The summed E-state index contributed by atoms with van der Waals surface area (Å²) in [4.78, 5) is 27.5. The molecule has 0 aromatic heterocycles. The lowest BCUT2D eigenvalue weighted by molar-refractivity contribution is -0.141. The smallest absolute Gasteiger partial charge is 0.225 e. The van der Waals surface area contributed by atoms with Gasteiger partial charge in [0, 0.05) is 51.1 Å². The first kappa shape index (κ1) is 16.0. The summed E-state index contributed by atoms with van der Waals surface area (Å²) in [5.41, 5.74) is 0. The second kappa shape index (κ2) is 7.48. The first-order valence-corrected chi connectivity index (χ1v) is 7.21. The second-order valence-corrected chi connectivity index (χ2v) is 5.72. The van der Waals surface area contributed by atoms with Gasteiger partial charge in [0.15, 0.2) is 0 Å². The van der Waals surface area contributed by atoms with E-state index in [2.05, 4.69) is 19.2 Å². The van der Waals surface area contributed by atoms with E-state index in [0.717, 1.165) is 6.54 Å². The third kappa shape index (κ3) is 5.19. The van der Waals surface area contributed by atoms with Gasteiger partial charge in [0.05, 0.1) is 0 Å². The number of carbonyl (C=O) groups excluding carboxylic acids is 2. The van der Waals surface area contributed by atoms with Crippen molar-refractivity contribution in [3.05, 3.63) is 0 Å². The van der Waals surface area contributed by atoms with Crippen LogP contribution in [0.2, 0.25) is 0 Å². The Balaban J connectivity index is 2.29. The molecule has 5 heteroatoms. The van der Waals surface area contributed by atoms with Gasteiger partial charge in [-0.1, -0.05) is 27.7 Å². The Morgan fingerprint density at radius 3 is 2.00 bits per heavy atom. The van der Waals surface area contributed by atoms with Crippen LogP contribution in [0.3, 0.4) is 0 Å². The predicted molar refractivity (Wildman–Crippen MR) is 75.8 cm³/mol. The number of hydrogen-bond donors (Lipinski definition) is 1. The zero-order chi connectivity index (χ0) is 14.4. The van der Waals surface area contributed by atoms with Crippen molar-refractivity contribution in [2.75, 3.05) is 32.7 Å². The fraction of sp³-hybridized carbons (Fsp3) is 0.857. The Kier molecular flexibility index (Phi) is 6.28. The molecule has 1 saturated heterocycles. The molecule has 0 aromatic rings. The van der Waals surface area contributed by atoms with Crippen molar-refractivity contribution in [2.24, 2.45) is 5.92 Å². The van der Waals surface area contributed by atoms with Crippen LogP contribution in [-0.2, 0) is 9.59 Å². The molecule has 0 aromatic carbocycles. The summed E-state index contributed by atoms with van der Waals surface area (Å²) in [5, 5.41) is 3.25. The average Bonchev–Trinajstić information content (AvgIpc) is 2.37. The third-order valence-electron chi connectivity index (χ3n) is 3.33. The van der Waals surface area contributed by atoms with Crippen LogP contribution in [0.5, 0.6) is 0 Å². The monoisotopic (exact) mass is 269 g/mol. The molecule has 1 N–H and O–H groups in total. The summed E-state index contributed by atoms with van der Waals surface area (Å²) in [5.74, 6) is 0.413. The highest BCUT2D eigenvalue weighted by atomic mass is 16.2. The first-order chi connectivity index (χ1) is 8.91. The lowest BCUT2D eigenvalue weighted by Crippen LogP contribution is -2.51. The molecule has 1 aliphatic rings. The van der Waals surface area contributed by atoms with E-state index in [0.29, 0.717) is 38.6 Å². The maximum Gasteiger partial charge on any atom is 0.225 e. The minimum absolute atomic E-state index is 0.0393. The van der Waals surface area contributed by atoms with Crippen LogP contribution >= 0.6 is 0 Å². The van der Waals surface area contributed by atoms with Gasteiger partial charge in [0.2, 0.25) is 11.8 Å². The summed E-state index contributed by atoms with van der Waals surface area (Å²) >= 11 is 0.